The van der Waals surface area contributed by atoms with Crippen LogP contribution in [-0.4, -0.2) is 90.8 Å². The van der Waals surface area contributed by atoms with Crippen molar-refractivity contribution in [3.63, 3.8) is 0 Å². The van der Waals surface area contributed by atoms with Crippen molar-refractivity contribution in [3.05, 3.63) is 210 Å². The molecule has 448 valence electrons. The van der Waals surface area contributed by atoms with Crippen LogP contribution in [0.5, 0.6) is 23.0 Å². The predicted octanol–water partition coefficient (Wildman–Crippen LogP) is 15.1. The molecule has 0 atom stereocenters. The summed E-state index contributed by atoms with van der Waals surface area (Å²) in [5, 5.41) is 19.1. The number of furan rings is 2. The van der Waals surface area contributed by atoms with E-state index in [2.05, 4.69) is 59.8 Å². The highest BCUT2D eigenvalue weighted by Gasteiger charge is 2.19. The third-order valence-corrected chi connectivity index (χ3v) is 13.7. The summed E-state index contributed by atoms with van der Waals surface area (Å²) in [4.78, 5) is 46.4. The van der Waals surface area contributed by atoms with Crippen LogP contribution < -0.4 is 14.2 Å². The summed E-state index contributed by atoms with van der Waals surface area (Å²) in [7, 11) is 3.29. The quantitative estimate of drug-likeness (QED) is 0.0628. The molecule has 0 unspecified atom stereocenters. The molecule has 89 heavy (non-hydrogen) atoms. The van der Waals surface area contributed by atoms with Gasteiger partial charge in [-0.05, 0) is 148 Å². The molecule has 0 aliphatic carbocycles. The van der Waals surface area contributed by atoms with Crippen LogP contribution >= 0.6 is 0 Å². The Labute approximate surface area is 505 Å². The number of aliphatic hydroxyl groups is 1. The number of aromatic nitrogens is 12. The summed E-state index contributed by atoms with van der Waals surface area (Å²) in [5.41, 5.74) is 13.0. The Morgan fingerprint density at radius 3 is 1.48 bits per heavy atom. The van der Waals surface area contributed by atoms with E-state index in [9.17, 15) is 18.3 Å². The van der Waals surface area contributed by atoms with Crippen molar-refractivity contribution in [2.45, 2.75) is 34.3 Å². The van der Waals surface area contributed by atoms with E-state index in [0.717, 1.165) is 125 Å². The van der Waals surface area contributed by atoms with Crippen LogP contribution in [0.1, 0.15) is 29.4 Å². The highest BCUT2D eigenvalue weighted by molar-refractivity contribution is 5.87. The van der Waals surface area contributed by atoms with Crippen LogP contribution in [0.2, 0.25) is 0 Å². The number of methoxy groups -OCH3 is 2. The van der Waals surface area contributed by atoms with Gasteiger partial charge in [-0.1, -0.05) is 42.5 Å². The number of rotatable bonds is 10. The van der Waals surface area contributed by atoms with Gasteiger partial charge in [0, 0.05) is 17.5 Å². The van der Waals surface area contributed by atoms with E-state index in [1.54, 1.807) is 38.7 Å². The van der Waals surface area contributed by atoms with Gasteiger partial charge in [-0.15, -0.1) is 0 Å². The number of ether oxygens (including phenoxy) is 3. The van der Waals surface area contributed by atoms with E-state index < -0.39 is 17.5 Å². The molecule has 0 saturated carbocycles. The Morgan fingerprint density at radius 2 is 0.966 bits per heavy atom. The number of imidazole rings is 5. The van der Waals surface area contributed by atoms with Gasteiger partial charge < -0.3 is 58.2 Å². The summed E-state index contributed by atoms with van der Waals surface area (Å²) in [6, 6.07) is 48.0. The number of aliphatic hydroxyl groups excluding tert-OH is 1. The van der Waals surface area contributed by atoms with Crippen LogP contribution in [0.3, 0.4) is 0 Å². The van der Waals surface area contributed by atoms with Crippen molar-refractivity contribution < 1.29 is 46.4 Å². The number of fused-ring (bicyclic) bond motifs is 5. The Kier molecular flexibility index (Phi) is 17.6. The van der Waals surface area contributed by atoms with Crippen LogP contribution in [0, 0.1) is 38.2 Å². The van der Waals surface area contributed by atoms with Crippen molar-refractivity contribution in [1.82, 2.24) is 59.8 Å². The molecule has 0 bridgehead atoms. The number of hydrogen-bond donors (Lipinski definition) is 7. The number of benzene rings is 6. The number of para-hydroxylation sites is 3. The monoisotopic (exact) mass is 1200 g/mol. The normalized spacial score (nSPS) is 10.9. The van der Waals surface area contributed by atoms with Crippen LogP contribution in [-0.2, 0) is 6.61 Å². The molecular weight excluding hydrogens is 1140 g/mol. The van der Waals surface area contributed by atoms with Crippen molar-refractivity contribution in [2.75, 3.05) is 20.8 Å². The Bertz CT molecular complexity index is 4770. The number of halogens is 3. The van der Waals surface area contributed by atoms with E-state index >= 15 is 0 Å². The maximum absolute atomic E-state index is 13.4. The van der Waals surface area contributed by atoms with Crippen LogP contribution in [0.15, 0.2) is 179 Å². The molecule has 0 amide bonds. The molecular formula is C67H57F3N12O7. The molecule has 0 spiro atoms. The fourth-order valence-electron chi connectivity index (χ4n) is 9.45. The number of phenolic OH excluding ortho intramolecular Hbond substituents is 1. The van der Waals surface area contributed by atoms with Gasteiger partial charge in [-0.2, -0.15) is 0 Å². The van der Waals surface area contributed by atoms with E-state index in [-0.39, 0.29) is 29.2 Å². The van der Waals surface area contributed by atoms with E-state index in [0.29, 0.717) is 23.8 Å². The van der Waals surface area contributed by atoms with Crippen molar-refractivity contribution >= 4 is 55.2 Å². The summed E-state index contributed by atoms with van der Waals surface area (Å²) < 4.78 is 65.8. The number of phenols is 1. The molecule has 9 heterocycles. The Balaban J connectivity index is 0.000000115. The minimum Gasteiger partial charge on any atom is -0.507 e. The van der Waals surface area contributed by atoms with E-state index in [1.807, 2.05) is 161 Å². The second kappa shape index (κ2) is 26.4. The van der Waals surface area contributed by atoms with Gasteiger partial charge >= 0.3 is 0 Å². The first-order chi connectivity index (χ1) is 43.3. The van der Waals surface area contributed by atoms with Crippen molar-refractivity contribution in [3.8, 4) is 80.6 Å². The number of aromatic hydroxyl groups is 1. The molecule has 15 rings (SSSR count). The van der Waals surface area contributed by atoms with E-state index in [4.69, 9.17) is 28.2 Å². The average molecular weight is 1200 g/mol. The van der Waals surface area contributed by atoms with E-state index in [1.165, 1.54) is 6.26 Å². The molecule has 6 aromatic carbocycles. The third-order valence-electron chi connectivity index (χ3n) is 13.7. The second-order valence-electron chi connectivity index (χ2n) is 19.9. The summed E-state index contributed by atoms with van der Waals surface area (Å²) in [6.45, 7) is 8.44. The smallest absolute Gasteiger partial charge is 0.196 e. The minimum atomic E-state index is -1.53. The summed E-state index contributed by atoms with van der Waals surface area (Å²) in [6.07, 6.45) is 3.05. The summed E-state index contributed by atoms with van der Waals surface area (Å²) >= 11 is 0. The highest BCUT2D eigenvalue weighted by atomic mass is 19.2. The molecule has 0 fully saturated rings. The number of aryl methyl sites for hydroxylation is 3. The molecule has 15 aromatic rings. The van der Waals surface area contributed by atoms with Crippen LogP contribution in [0.4, 0.5) is 13.2 Å². The average Bonchev–Trinajstić information content (AvgIpc) is 2.75. The molecule has 7 N–H and O–H groups in total. The molecule has 0 radical (unpaired) electrons. The number of nitrogens with one attached hydrogen (secondary N) is 5. The van der Waals surface area contributed by atoms with Crippen molar-refractivity contribution in [1.29, 1.82) is 0 Å². The standard InChI is InChI=1S/C15H14N2O2.2C14H13N3O.C13H12N2O2.C11H5F3N2O/c1-9-2-4-11(14(19)6-9)15-16-12-5-3-10(8-18)7-13(12)17-15;2*1-9-5-3-7-11(15-9)14-16-10-6-4-8-12(18-2)13(10)17-14;1-2-16-10-6-3-5-9-12(10)15-13(14-9)11-7-4-8-17-11;12-5-4-6-10(9(14)8(5)13)16-11(15-6)7-2-1-3-17-7/h2-7,18-19H,8H2,1H3,(H,16,17);2*3-8H,1-2H3,(H,16,17);3-8H,2H2,1H3,(H,14,15);1-4H,(H,15,16). The first kappa shape index (κ1) is 59.2. The fourth-order valence-corrected chi connectivity index (χ4v) is 9.45. The molecule has 0 aliphatic rings. The first-order valence-electron chi connectivity index (χ1n) is 27.8. The van der Waals surface area contributed by atoms with Gasteiger partial charge in [-0.3, -0.25) is 0 Å². The van der Waals surface area contributed by atoms with Gasteiger partial charge in [0.25, 0.3) is 0 Å². The zero-order chi connectivity index (χ0) is 62.1. The third kappa shape index (κ3) is 13.2. The van der Waals surface area contributed by atoms with Gasteiger partial charge in [0.2, 0.25) is 0 Å². The fraction of sp³-hybridized carbons (Fsp3) is 0.119. The van der Waals surface area contributed by atoms with Gasteiger partial charge in [0.15, 0.2) is 52.3 Å². The zero-order valence-corrected chi connectivity index (χ0v) is 48.8. The number of nitrogens with zero attached hydrogens (tertiary/aromatic N) is 7. The number of H-pyrrole nitrogens is 5. The van der Waals surface area contributed by atoms with Crippen LogP contribution in [0.25, 0.3) is 113 Å². The SMILES string of the molecule is CCOc1cccc2[nH]c(-c3ccco3)nc12.COc1cccc2[nH]c(-c3cccc(C)n3)nc12.COc1cccc2[nH]c(-c3cccc(C)n3)nc12.Cc1ccc(-c2nc3ccc(CO)cc3[nH]2)c(O)c1.Fc1cc2[nH]c(-c3ccco3)nc2c(F)c1F. The Morgan fingerprint density at radius 1 is 0.461 bits per heavy atom. The molecule has 19 nitrogen and oxygen atoms in total. The maximum atomic E-state index is 13.4. The lowest BCUT2D eigenvalue weighted by Gasteiger charge is -2.01. The lowest BCUT2D eigenvalue weighted by Crippen LogP contribution is -1.91. The molecule has 0 aliphatic heterocycles. The topological polar surface area (TPSA) is 264 Å². The number of pyridine rings is 2. The maximum Gasteiger partial charge on any atom is 0.196 e. The largest absolute Gasteiger partial charge is 0.507 e. The molecule has 22 heteroatoms. The number of aromatic amines is 5. The van der Waals surface area contributed by atoms with Crippen molar-refractivity contribution in [2.24, 2.45) is 0 Å². The Hall–Kier alpha value is -11.5. The lowest BCUT2D eigenvalue weighted by molar-refractivity contribution is 0.282. The van der Waals surface area contributed by atoms with Gasteiger partial charge in [0.1, 0.15) is 62.3 Å². The lowest BCUT2D eigenvalue weighted by atomic mass is 10.1. The minimum absolute atomic E-state index is 0.0000744. The van der Waals surface area contributed by atoms with Gasteiger partial charge in [0.05, 0.1) is 78.6 Å². The number of hydrogen-bond acceptors (Lipinski definition) is 14. The summed E-state index contributed by atoms with van der Waals surface area (Å²) in [5.74, 6) is 2.61. The highest BCUT2D eigenvalue weighted by Crippen LogP contribution is 2.32. The van der Waals surface area contributed by atoms with Gasteiger partial charge in [-0.25, -0.2) is 48.1 Å². The second-order valence-corrected chi connectivity index (χ2v) is 19.9. The molecule has 9 aromatic heterocycles. The molecule has 0 saturated heterocycles. The predicted molar refractivity (Wildman–Crippen MR) is 334 cm³/mol. The first-order valence-corrected chi connectivity index (χ1v) is 27.8. The zero-order valence-electron chi connectivity index (χ0n) is 48.8.